The van der Waals surface area contributed by atoms with Crippen LogP contribution in [-0.2, 0) is 11.0 Å². The molecule has 1 aromatic rings. The topological polar surface area (TPSA) is 41.1 Å². The molecule has 0 radical (unpaired) electrons. The number of hydrazine groups is 1. The summed E-state index contributed by atoms with van der Waals surface area (Å²) < 4.78 is 36.8. The van der Waals surface area contributed by atoms with Crippen LogP contribution in [0, 0.1) is 0 Å². The number of rotatable bonds is 1. The molecule has 1 saturated heterocycles. The summed E-state index contributed by atoms with van der Waals surface area (Å²) >= 11 is 0. The molecular weight excluding hydrogens is 221 g/mol. The molecule has 1 fully saturated rings. The van der Waals surface area contributed by atoms with Crippen molar-refractivity contribution in [3.63, 3.8) is 0 Å². The average Bonchev–Trinajstić information content (AvgIpc) is 2.64. The number of alkyl halides is 3. The summed E-state index contributed by atoms with van der Waals surface area (Å²) in [5, 5.41) is 0. The third kappa shape index (κ3) is 2.16. The predicted octanol–water partition coefficient (Wildman–Crippen LogP) is 1.77. The summed E-state index contributed by atoms with van der Waals surface area (Å²) in [6, 6.07) is 4.52. The van der Waals surface area contributed by atoms with Crippen LogP contribution >= 0.6 is 0 Å². The van der Waals surface area contributed by atoms with E-state index in [1.54, 1.807) is 0 Å². The zero-order valence-corrected chi connectivity index (χ0v) is 8.14. The number of halogens is 3. The van der Waals surface area contributed by atoms with Crippen LogP contribution in [-0.4, -0.2) is 5.91 Å². The fourth-order valence-corrected chi connectivity index (χ4v) is 1.56. The third-order valence-electron chi connectivity index (χ3n) is 2.42. The van der Waals surface area contributed by atoms with E-state index in [0.29, 0.717) is 5.56 Å². The van der Waals surface area contributed by atoms with Crippen molar-refractivity contribution in [2.75, 3.05) is 0 Å². The van der Waals surface area contributed by atoms with Crippen molar-refractivity contribution in [2.45, 2.75) is 18.6 Å². The maximum atomic E-state index is 12.3. The molecule has 6 heteroatoms. The number of hydrogen-bond donors (Lipinski definition) is 2. The molecule has 3 nitrogen and oxygen atoms in total. The molecule has 0 saturated carbocycles. The summed E-state index contributed by atoms with van der Waals surface area (Å²) in [6.45, 7) is 0. The second kappa shape index (κ2) is 3.79. The molecule has 0 spiro atoms. The smallest absolute Gasteiger partial charge is 0.291 e. The molecule has 2 rings (SSSR count). The van der Waals surface area contributed by atoms with Crippen molar-refractivity contribution in [2.24, 2.45) is 0 Å². The van der Waals surface area contributed by atoms with Gasteiger partial charge in [-0.25, -0.2) is 5.43 Å². The number of benzene rings is 1. The van der Waals surface area contributed by atoms with Gasteiger partial charge in [0, 0.05) is 6.42 Å². The normalized spacial score (nSPS) is 20.9. The van der Waals surface area contributed by atoms with Crippen LogP contribution in [0.2, 0.25) is 0 Å². The van der Waals surface area contributed by atoms with E-state index in [-0.39, 0.29) is 18.4 Å². The van der Waals surface area contributed by atoms with Crippen LogP contribution in [0.3, 0.4) is 0 Å². The van der Waals surface area contributed by atoms with Gasteiger partial charge < -0.3 is 0 Å². The second-order valence-electron chi connectivity index (χ2n) is 3.57. The first kappa shape index (κ1) is 10.9. The minimum absolute atomic E-state index is 0.162. The third-order valence-corrected chi connectivity index (χ3v) is 2.42. The highest BCUT2D eigenvalue weighted by Gasteiger charge is 2.30. The number of nitrogens with one attached hydrogen (secondary N) is 2. The Morgan fingerprint density at radius 2 is 1.81 bits per heavy atom. The van der Waals surface area contributed by atoms with E-state index in [0.717, 1.165) is 12.1 Å². The minimum atomic E-state index is -4.32. The van der Waals surface area contributed by atoms with Gasteiger partial charge in [-0.15, -0.1) is 0 Å². The van der Waals surface area contributed by atoms with E-state index in [1.165, 1.54) is 12.1 Å². The van der Waals surface area contributed by atoms with Gasteiger partial charge in [-0.3, -0.25) is 10.2 Å². The van der Waals surface area contributed by atoms with E-state index in [4.69, 9.17) is 0 Å². The lowest BCUT2D eigenvalue weighted by atomic mass is 10.0. The molecule has 86 valence electrons. The van der Waals surface area contributed by atoms with Gasteiger partial charge in [0.25, 0.3) is 0 Å². The van der Waals surface area contributed by atoms with E-state index >= 15 is 0 Å². The van der Waals surface area contributed by atoms with E-state index < -0.39 is 11.7 Å². The molecule has 1 atom stereocenters. The summed E-state index contributed by atoms with van der Waals surface area (Å²) in [5.41, 5.74) is 5.07. The monoisotopic (exact) mass is 230 g/mol. The Hall–Kier alpha value is -1.56. The highest BCUT2D eigenvalue weighted by atomic mass is 19.4. The Balaban J connectivity index is 2.17. The molecule has 1 amide bonds. The van der Waals surface area contributed by atoms with Gasteiger partial charge in [-0.05, 0) is 17.7 Å². The maximum absolute atomic E-state index is 12.3. The van der Waals surface area contributed by atoms with Crippen LogP contribution in [0.5, 0.6) is 0 Å². The van der Waals surface area contributed by atoms with Crippen molar-refractivity contribution < 1.29 is 18.0 Å². The van der Waals surface area contributed by atoms with E-state index in [1.807, 2.05) is 0 Å². The van der Waals surface area contributed by atoms with Crippen molar-refractivity contribution in [1.29, 1.82) is 0 Å². The highest BCUT2D eigenvalue weighted by Crippen LogP contribution is 2.30. The molecule has 1 aromatic carbocycles. The van der Waals surface area contributed by atoms with Crippen molar-refractivity contribution in [1.82, 2.24) is 10.9 Å². The molecule has 16 heavy (non-hydrogen) atoms. The van der Waals surface area contributed by atoms with Crippen molar-refractivity contribution >= 4 is 5.91 Å². The lowest BCUT2D eigenvalue weighted by Gasteiger charge is -2.11. The van der Waals surface area contributed by atoms with Crippen LogP contribution < -0.4 is 10.9 Å². The zero-order chi connectivity index (χ0) is 11.8. The van der Waals surface area contributed by atoms with Crippen LogP contribution in [0.1, 0.15) is 23.6 Å². The van der Waals surface area contributed by atoms with Gasteiger partial charge in [0.2, 0.25) is 5.91 Å². The number of carbonyl (C=O) groups excluding carboxylic acids is 1. The fourth-order valence-electron chi connectivity index (χ4n) is 1.56. The summed E-state index contributed by atoms with van der Waals surface area (Å²) in [5.74, 6) is -0.162. The van der Waals surface area contributed by atoms with Gasteiger partial charge >= 0.3 is 6.18 Å². The maximum Gasteiger partial charge on any atom is 0.416 e. The van der Waals surface area contributed by atoms with Gasteiger partial charge in [-0.1, -0.05) is 12.1 Å². The number of carbonyl (C=O) groups is 1. The standard InChI is InChI=1S/C10H9F3N2O/c11-10(12,13)7-3-1-6(2-4-7)8-5-9(16)15-14-8/h1-4,8,14H,5H2,(H,15,16). The Morgan fingerprint density at radius 1 is 1.19 bits per heavy atom. The molecule has 1 heterocycles. The fraction of sp³-hybridized carbons (Fsp3) is 0.300. The second-order valence-corrected chi connectivity index (χ2v) is 3.57. The lowest BCUT2D eigenvalue weighted by Crippen LogP contribution is -2.27. The first-order valence-electron chi connectivity index (χ1n) is 4.68. The van der Waals surface area contributed by atoms with E-state index in [2.05, 4.69) is 10.9 Å². The Bertz CT molecular complexity index is 400. The average molecular weight is 230 g/mol. The number of hydrogen-bond acceptors (Lipinski definition) is 2. The summed E-state index contributed by atoms with van der Waals surface area (Å²) in [6.07, 6.45) is -4.08. The first-order valence-corrected chi connectivity index (χ1v) is 4.68. The van der Waals surface area contributed by atoms with Crippen LogP contribution in [0.4, 0.5) is 13.2 Å². The number of amides is 1. The Labute approximate surface area is 89.6 Å². The quantitative estimate of drug-likeness (QED) is 0.772. The summed E-state index contributed by atoms with van der Waals surface area (Å²) in [7, 11) is 0. The Morgan fingerprint density at radius 3 is 2.25 bits per heavy atom. The molecule has 0 aromatic heterocycles. The van der Waals surface area contributed by atoms with Crippen molar-refractivity contribution in [3.8, 4) is 0 Å². The predicted molar refractivity (Wildman–Crippen MR) is 50.1 cm³/mol. The molecule has 1 aliphatic heterocycles. The molecular formula is C10H9F3N2O. The van der Waals surface area contributed by atoms with E-state index in [9.17, 15) is 18.0 Å². The zero-order valence-electron chi connectivity index (χ0n) is 8.14. The molecule has 1 aliphatic rings. The molecule has 0 aliphatic carbocycles. The molecule has 0 bridgehead atoms. The highest BCUT2D eigenvalue weighted by molar-refractivity contribution is 5.78. The molecule has 2 N–H and O–H groups in total. The van der Waals surface area contributed by atoms with Gasteiger partial charge in [-0.2, -0.15) is 13.2 Å². The first-order chi connectivity index (χ1) is 7.47. The SMILES string of the molecule is O=C1CC(c2ccc(C(F)(F)F)cc2)NN1. The Kier molecular flexibility index (Phi) is 2.59. The van der Waals surface area contributed by atoms with Gasteiger partial charge in [0.05, 0.1) is 11.6 Å². The van der Waals surface area contributed by atoms with Crippen LogP contribution in [0.25, 0.3) is 0 Å². The lowest BCUT2D eigenvalue weighted by molar-refractivity contribution is -0.137. The van der Waals surface area contributed by atoms with Crippen molar-refractivity contribution in [3.05, 3.63) is 35.4 Å². The minimum Gasteiger partial charge on any atom is -0.291 e. The van der Waals surface area contributed by atoms with Crippen LogP contribution in [0.15, 0.2) is 24.3 Å². The van der Waals surface area contributed by atoms with Gasteiger partial charge in [0.15, 0.2) is 0 Å². The molecule has 1 unspecified atom stereocenters. The van der Waals surface area contributed by atoms with Gasteiger partial charge in [0.1, 0.15) is 0 Å². The largest absolute Gasteiger partial charge is 0.416 e. The summed E-state index contributed by atoms with van der Waals surface area (Å²) in [4.78, 5) is 10.9.